The molecule has 2 rings (SSSR count). The van der Waals surface area contributed by atoms with Crippen LogP contribution in [0.2, 0.25) is 0 Å². The van der Waals surface area contributed by atoms with Crippen LogP contribution in [0.4, 0.5) is 0 Å². The van der Waals surface area contributed by atoms with Gasteiger partial charge in [0.2, 0.25) is 5.91 Å². The van der Waals surface area contributed by atoms with Gasteiger partial charge in [0.25, 0.3) is 0 Å². The third kappa shape index (κ3) is 2.62. The molecule has 1 aromatic carbocycles. The molecular formula is C12H15BrN2O. The minimum absolute atomic E-state index is 0.0143. The van der Waals surface area contributed by atoms with Gasteiger partial charge in [0.15, 0.2) is 0 Å². The number of rotatable bonds is 4. The lowest BCUT2D eigenvalue weighted by Gasteiger charge is -2.10. The van der Waals surface area contributed by atoms with Gasteiger partial charge in [0, 0.05) is 11.0 Å². The van der Waals surface area contributed by atoms with E-state index in [0.29, 0.717) is 6.54 Å². The number of carbonyl (C=O) groups excluding carboxylic acids is 1. The SMILES string of the molecule is NC1(C(=O)NCCc2ccccc2Br)CC1. The van der Waals surface area contributed by atoms with Gasteiger partial charge in [-0.15, -0.1) is 0 Å². The fourth-order valence-corrected chi connectivity index (χ4v) is 2.03. The van der Waals surface area contributed by atoms with E-state index in [9.17, 15) is 4.79 Å². The van der Waals surface area contributed by atoms with E-state index in [1.54, 1.807) is 0 Å². The number of hydrogen-bond acceptors (Lipinski definition) is 2. The molecule has 1 aliphatic carbocycles. The summed E-state index contributed by atoms with van der Waals surface area (Å²) in [7, 11) is 0. The molecule has 0 heterocycles. The maximum atomic E-state index is 11.6. The highest BCUT2D eigenvalue weighted by atomic mass is 79.9. The Balaban J connectivity index is 1.80. The van der Waals surface area contributed by atoms with Crippen LogP contribution in [0.25, 0.3) is 0 Å². The molecule has 0 aliphatic heterocycles. The Kier molecular flexibility index (Phi) is 3.30. The second kappa shape index (κ2) is 4.55. The second-order valence-electron chi connectivity index (χ2n) is 4.25. The van der Waals surface area contributed by atoms with Crippen LogP contribution in [-0.4, -0.2) is 18.0 Å². The summed E-state index contributed by atoms with van der Waals surface area (Å²) < 4.78 is 1.08. The van der Waals surface area contributed by atoms with Crippen LogP contribution in [-0.2, 0) is 11.2 Å². The predicted molar refractivity (Wildman–Crippen MR) is 67.0 cm³/mol. The zero-order valence-electron chi connectivity index (χ0n) is 9.00. The Morgan fingerprint density at radius 3 is 2.75 bits per heavy atom. The zero-order chi connectivity index (χ0) is 11.6. The first-order valence-electron chi connectivity index (χ1n) is 5.42. The highest BCUT2D eigenvalue weighted by Gasteiger charge is 2.45. The fraction of sp³-hybridized carbons (Fsp3) is 0.417. The Hall–Kier alpha value is -0.870. The third-order valence-corrected chi connectivity index (χ3v) is 3.65. The van der Waals surface area contributed by atoms with Crippen molar-refractivity contribution in [1.82, 2.24) is 5.32 Å². The van der Waals surface area contributed by atoms with E-state index in [0.717, 1.165) is 23.7 Å². The molecule has 0 bridgehead atoms. The van der Waals surface area contributed by atoms with Crippen LogP contribution in [0.15, 0.2) is 28.7 Å². The molecule has 1 amide bonds. The summed E-state index contributed by atoms with van der Waals surface area (Å²) in [5.74, 6) is -0.0143. The fourth-order valence-electron chi connectivity index (χ4n) is 1.55. The summed E-state index contributed by atoms with van der Waals surface area (Å²) in [5.41, 5.74) is 6.42. The van der Waals surface area contributed by atoms with Crippen molar-refractivity contribution in [2.45, 2.75) is 24.8 Å². The lowest BCUT2D eigenvalue weighted by molar-refractivity contribution is -0.123. The van der Waals surface area contributed by atoms with E-state index in [1.807, 2.05) is 24.3 Å². The minimum atomic E-state index is -0.562. The van der Waals surface area contributed by atoms with Gasteiger partial charge in [-0.1, -0.05) is 34.1 Å². The van der Waals surface area contributed by atoms with Crippen LogP contribution in [0, 0.1) is 0 Å². The zero-order valence-corrected chi connectivity index (χ0v) is 10.6. The molecular weight excluding hydrogens is 268 g/mol. The Bertz CT molecular complexity index is 402. The van der Waals surface area contributed by atoms with Gasteiger partial charge >= 0.3 is 0 Å². The number of carbonyl (C=O) groups is 1. The first-order chi connectivity index (χ1) is 7.62. The Morgan fingerprint density at radius 1 is 1.44 bits per heavy atom. The number of amides is 1. The average molecular weight is 283 g/mol. The molecule has 0 saturated heterocycles. The van der Waals surface area contributed by atoms with E-state index in [1.165, 1.54) is 5.56 Å². The van der Waals surface area contributed by atoms with E-state index in [2.05, 4.69) is 21.2 Å². The van der Waals surface area contributed by atoms with Gasteiger partial charge in [-0.25, -0.2) is 0 Å². The summed E-state index contributed by atoms with van der Waals surface area (Å²) in [5, 5.41) is 2.88. The summed E-state index contributed by atoms with van der Waals surface area (Å²) >= 11 is 3.48. The van der Waals surface area contributed by atoms with Crippen molar-refractivity contribution >= 4 is 21.8 Å². The Labute approximate surface area is 104 Å². The van der Waals surface area contributed by atoms with Crippen molar-refractivity contribution in [1.29, 1.82) is 0 Å². The van der Waals surface area contributed by atoms with Crippen molar-refractivity contribution < 1.29 is 4.79 Å². The van der Waals surface area contributed by atoms with Gasteiger partial charge in [-0.3, -0.25) is 4.79 Å². The van der Waals surface area contributed by atoms with Crippen LogP contribution < -0.4 is 11.1 Å². The largest absolute Gasteiger partial charge is 0.354 e. The molecule has 1 aromatic rings. The van der Waals surface area contributed by atoms with E-state index in [-0.39, 0.29) is 5.91 Å². The standard InChI is InChI=1S/C12H15BrN2O/c13-10-4-2-1-3-9(10)5-8-15-11(16)12(14)6-7-12/h1-4H,5-8,14H2,(H,15,16). The Morgan fingerprint density at radius 2 is 2.12 bits per heavy atom. The molecule has 3 N–H and O–H groups in total. The number of benzene rings is 1. The molecule has 0 spiro atoms. The molecule has 1 aliphatic rings. The molecule has 0 atom stereocenters. The average Bonchev–Trinajstić information content (AvgIpc) is 3.01. The van der Waals surface area contributed by atoms with Crippen molar-refractivity contribution in [3.8, 4) is 0 Å². The van der Waals surface area contributed by atoms with Gasteiger partial charge in [0.1, 0.15) is 0 Å². The highest BCUT2D eigenvalue weighted by molar-refractivity contribution is 9.10. The molecule has 4 heteroatoms. The molecule has 16 heavy (non-hydrogen) atoms. The van der Waals surface area contributed by atoms with E-state index < -0.39 is 5.54 Å². The van der Waals surface area contributed by atoms with Gasteiger partial charge in [-0.05, 0) is 30.9 Å². The lowest BCUT2D eigenvalue weighted by Crippen LogP contribution is -2.43. The van der Waals surface area contributed by atoms with Gasteiger partial charge < -0.3 is 11.1 Å². The number of nitrogens with one attached hydrogen (secondary N) is 1. The maximum absolute atomic E-state index is 11.6. The number of hydrogen-bond donors (Lipinski definition) is 2. The van der Waals surface area contributed by atoms with Gasteiger partial charge in [0.05, 0.1) is 5.54 Å². The van der Waals surface area contributed by atoms with Crippen molar-refractivity contribution in [2.75, 3.05) is 6.54 Å². The summed E-state index contributed by atoms with van der Waals surface area (Å²) in [6.07, 6.45) is 2.45. The van der Waals surface area contributed by atoms with Crippen molar-refractivity contribution in [2.24, 2.45) is 5.73 Å². The summed E-state index contributed by atoms with van der Waals surface area (Å²) in [6.45, 7) is 0.639. The molecule has 0 aromatic heterocycles. The molecule has 1 fully saturated rings. The minimum Gasteiger partial charge on any atom is -0.354 e. The first kappa shape index (κ1) is 11.6. The molecule has 0 radical (unpaired) electrons. The monoisotopic (exact) mass is 282 g/mol. The topological polar surface area (TPSA) is 55.1 Å². The normalized spacial score (nSPS) is 16.9. The van der Waals surface area contributed by atoms with Gasteiger partial charge in [-0.2, -0.15) is 0 Å². The third-order valence-electron chi connectivity index (χ3n) is 2.88. The first-order valence-corrected chi connectivity index (χ1v) is 6.22. The molecule has 3 nitrogen and oxygen atoms in total. The summed E-state index contributed by atoms with van der Waals surface area (Å²) in [4.78, 5) is 11.6. The molecule has 86 valence electrons. The van der Waals surface area contributed by atoms with Crippen LogP contribution in [0.3, 0.4) is 0 Å². The van der Waals surface area contributed by atoms with E-state index in [4.69, 9.17) is 5.73 Å². The highest BCUT2D eigenvalue weighted by Crippen LogP contribution is 2.32. The van der Waals surface area contributed by atoms with E-state index >= 15 is 0 Å². The predicted octanol–water partition coefficient (Wildman–Crippen LogP) is 1.60. The number of nitrogens with two attached hydrogens (primary N) is 1. The quantitative estimate of drug-likeness (QED) is 0.882. The molecule has 1 saturated carbocycles. The van der Waals surface area contributed by atoms with Crippen LogP contribution >= 0.6 is 15.9 Å². The van der Waals surface area contributed by atoms with Crippen molar-refractivity contribution in [3.63, 3.8) is 0 Å². The van der Waals surface area contributed by atoms with Crippen LogP contribution in [0.1, 0.15) is 18.4 Å². The van der Waals surface area contributed by atoms with Crippen molar-refractivity contribution in [3.05, 3.63) is 34.3 Å². The number of halogens is 1. The summed E-state index contributed by atoms with van der Waals surface area (Å²) in [6, 6.07) is 8.02. The maximum Gasteiger partial charge on any atom is 0.240 e. The second-order valence-corrected chi connectivity index (χ2v) is 5.11. The lowest BCUT2D eigenvalue weighted by atomic mass is 10.1. The molecule has 0 unspecified atom stereocenters. The van der Waals surface area contributed by atoms with Crippen LogP contribution in [0.5, 0.6) is 0 Å². The smallest absolute Gasteiger partial charge is 0.240 e.